The van der Waals surface area contributed by atoms with Crippen molar-refractivity contribution in [1.82, 2.24) is 15.5 Å². The second kappa shape index (κ2) is 6.86. The van der Waals surface area contributed by atoms with Crippen molar-refractivity contribution in [2.75, 3.05) is 18.9 Å². The standard InChI is InChI=1S/C14H15ClN4O/c1-16-14(20)12-6-7-13(19-18-12)17-9-8-10-4-2-3-5-11(10)15/h2-7H,8-9H2,1H3,(H,16,20)(H,17,19). The molecular formula is C14H15ClN4O. The van der Waals surface area contributed by atoms with Gasteiger partial charge in [0.05, 0.1) is 0 Å². The van der Waals surface area contributed by atoms with Crippen molar-refractivity contribution >= 4 is 23.3 Å². The van der Waals surface area contributed by atoms with E-state index >= 15 is 0 Å². The minimum Gasteiger partial charge on any atom is -0.368 e. The summed E-state index contributed by atoms with van der Waals surface area (Å²) in [5.74, 6) is 0.379. The lowest BCUT2D eigenvalue weighted by atomic mass is 10.1. The van der Waals surface area contributed by atoms with E-state index in [1.165, 1.54) is 0 Å². The summed E-state index contributed by atoms with van der Waals surface area (Å²) < 4.78 is 0. The third kappa shape index (κ3) is 3.68. The molecule has 1 aromatic heterocycles. The first-order chi connectivity index (χ1) is 9.70. The third-order valence-corrected chi connectivity index (χ3v) is 3.15. The van der Waals surface area contributed by atoms with Gasteiger partial charge in [-0.1, -0.05) is 29.8 Å². The molecule has 0 unspecified atom stereocenters. The molecule has 1 amide bonds. The molecule has 0 fully saturated rings. The molecule has 0 atom stereocenters. The van der Waals surface area contributed by atoms with E-state index in [1.807, 2.05) is 24.3 Å². The van der Waals surface area contributed by atoms with Crippen molar-refractivity contribution in [1.29, 1.82) is 0 Å². The molecule has 2 N–H and O–H groups in total. The Labute approximate surface area is 122 Å². The number of hydrogen-bond donors (Lipinski definition) is 2. The maximum Gasteiger partial charge on any atom is 0.271 e. The van der Waals surface area contributed by atoms with Gasteiger partial charge in [-0.2, -0.15) is 0 Å². The van der Waals surface area contributed by atoms with Gasteiger partial charge in [0.2, 0.25) is 0 Å². The molecule has 2 rings (SSSR count). The molecule has 6 heteroatoms. The molecule has 5 nitrogen and oxygen atoms in total. The zero-order chi connectivity index (χ0) is 14.4. The molecule has 0 aliphatic rings. The van der Waals surface area contributed by atoms with E-state index in [-0.39, 0.29) is 5.91 Å². The monoisotopic (exact) mass is 290 g/mol. The molecular weight excluding hydrogens is 276 g/mol. The van der Waals surface area contributed by atoms with E-state index in [2.05, 4.69) is 20.8 Å². The summed E-state index contributed by atoms with van der Waals surface area (Å²) in [5.41, 5.74) is 1.38. The van der Waals surface area contributed by atoms with Crippen molar-refractivity contribution < 1.29 is 4.79 Å². The van der Waals surface area contributed by atoms with Crippen LogP contribution in [0.4, 0.5) is 5.82 Å². The highest BCUT2D eigenvalue weighted by Crippen LogP contribution is 2.15. The number of rotatable bonds is 5. The van der Waals surface area contributed by atoms with Gasteiger partial charge in [0.25, 0.3) is 5.91 Å². The average molecular weight is 291 g/mol. The summed E-state index contributed by atoms with van der Waals surface area (Å²) in [4.78, 5) is 11.3. The molecule has 0 aliphatic carbocycles. The zero-order valence-corrected chi connectivity index (χ0v) is 11.8. The molecule has 1 aromatic carbocycles. The van der Waals surface area contributed by atoms with Crippen molar-refractivity contribution in [2.24, 2.45) is 0 Å². The van der Waals surface area contributed by atoms with Crippen LogP contribution in [0.3, 0.4) is 0 Å². The predicted molar refractivity (Wildman–Crippen MR) is 79.1 cm³/mol. The average Bonchev–Trinajstić information content (AvgIpc) is 2.49. The Kier molecular flexibility index (Phi) is 4.90. The van der Waals surface area contributed by atoms with E-state index in [0.717, 1.165) is 17.0 Å². The number of carbonyl (C=O) groups excluding carboxylic acids is 1. The van der Waals surface area contributed by atoms with Gasteiger partial charge in [0, 0.05) is 18.6 Å². The van der Waals surface area contributed by atoms with Gasteiger partial charge >= 0.3 is 0 Å². The first kappa shape index (κ1) is 14.3. The predicted octanol–water partition coefficient (Wildman–Crippen LogP) is 2.14. The highest BCUT2D eigenvalue weighted by atomic mass is 35.5. The molecule has 0 aliphatic heterocycles. The van der Waals surface area contributed by atoms with Gasteiger partial charge < -0.3 is 10.6 Å². The first-order valence-corrected chi connectivity index (χ1v) is 6.61. The fourth-order valence-corrected chi connectivity index (χ4v) is 1.93. The smallest absolute Gasteiger partial charge is 0.271 e. The Balaban J connectivity index is 1.88. The number of nitrogens with one attached hydrogen (secondary N) is 2. The van der Waals surface area contributed by atoms with E-state index in [1.54, 1.807) is 19.2 Å². The van der Waals surface area contributed by atoms with Crippen LogP contribution in [0.5, 0.6) is 0 Å². The highest BCUT2D eigenvalue weighted by molar-refractivity contribution is 6.31. The van der Waals surface area contributed by atoms with Crippen molar-refractivity contribution in [3.8, 4) is 0 Å². The zero-order valence-electron chi connectivity index (χ0n) is 11.1. The minimum atomic E-state index is -0.250. The van der Waals surface area contributed by atoms with Gasteiger partial charge in [-0.05, 0) is 30.2 Å². The third-order valence-electron chi connectivity index (χ3n) is 2.78. The van der Waals surface area contributed by atoms with Crippen molar-refractivity contribution in [2.45, 2.75) is 6.42 Å². The SMILES string of the molecule is CNC(=O)c1ccc(NCCc2ccccc2Cl)nn1. The van der Waals surface area contributed by atoms with Gasteiger partial charge in [-0.25, -0.2) is 0 Å². The Morgan fingerprint density at radius 3 is 2.65 bits per heavy atom. The van der Waals surface area contributed by atoms with Crippen LogP contribution in [-0.2, 0) is 6.42 Å². The summed E-state index contributed by atoms with van der Waals surface area (Å²) in [6.45, 7) is 0.692. The van der Waals surface area contributed by atoms with Crippen LogP contribution in [0, 0.1) is 0 Å². The molecule has 20 heavy (non-hydrogen) atoms. The number of anilines is 1. The number of carbonyl (C=O) groups is 1. The Bertz CT molecular complexity index is 586. The molecule has 0 radical (unpaired) electrons. The lowest BCUT2D eigenvalue weighted by molar-refractivity contribution is 0.0957. The number of nitrogens with zero attached hydrogens (tertiary/aromatic N) is 2. The summed E-state index contributed by atoms with van der Waals surface area (Å²) in [5, 5.41) is 14.2. The molecule has 0 spiro atoms. The second-order valence-corrected chi connectivity index (χ2v) is 4.56. The molecule has 2 aromatic rings. The van der Waals surface area contributed by atoms with Crippen LogP contribution < -0.4 is 10.6 Å². The van der Waals surface area contributed by atoms with Crippen LogP contribution in [0.25, 0.3) is 0 Å². The molecule has 0 bridgehead atoms. The Hall–Kier alpha value is -2.14. The number of hydrogen-bond acceptors (Lipinski definition) is 4. The molecule has 0 saturated heterocycles. The number of aromatic nitrogens is 2. The topological polar surface area (TPSA) is 66.9 Å². The number of amides is 1. The van der Waals surface area contributed by atoms with Gasteiger partial charge in [-0.3, -0.25) is 4.79 Å². The maximum atomic E-state index is 11.3. The van der Waals surface area contributed by atoms with E-state index in [4.69, 9.17) is 11.6 Å². The van der Waals surface area contributed by atoms with Crippen LogP contribution in [0.1, 0.15) is 16.1 Å². The lowest BCUT2D eigenvalue weighted by Crippen LogP contribution is -2.20. The largest absolute Gasteiger partial charge is 0.368 e. The quantitative estimate of drug-likeness (QED) is 0.885. The summed E-state index contributed by atoms with van der Waals surface area (Å²) >= 11 is 6.08. The number of benzene rings is 1. The Morgan fingerprint density at radius 2 is 2.00 bits per heavy atom. The van der Waals surface area contributed by atoms with Crippen molar-refractivity contribution in [3.05, 3.63) is 52.7 Å². The van der Waals surface area contributed by atoms with Gasteiger partial charge in [-0.15, -0.1) is 10.2 Å². The van der Waals surface area contributed by atoms with Crippen LogP contribution >= 0.6 is 11.6 Å². The van der Waals surface area contributed by atoms with Gasteiger partial charge in [0.15, 0.2) is 5.69 Å². The summed E-state index contributed by atoms with van der Waals surface area (Å²) in [7, 11) is 1.56. The van der Waals surface area contributed by atoms with Crippen LogP contribution in [0.2, 0.25) is 5.02 Å². The summed E-state index contributed by atoms with van der Waals surface area (Å²) in [6.07, 6.45) is 0.790. The highest BCUT2D eigenvalue weighted by Gasteiger charge is 2.05. The molecule has 1 heterocycles. The second-order valence-electron chi connectivity index (χ2n) is 4.15. The summed E-state index contributed by atoms with van der Waals surface area (Å²) in [6, 6.07) is 11.1. The van der Waals surface area contributed by atoms with Gasteiger partial charge in [0.1, 0.15) is 5.82 Å². The normalized spacial score (nSPS) is 10.1. The Morgan fingerprint density at radius 1 is 1.20 bits per heavy atom. The lowest BCUT2D eigenvalue weighted by Gasteiger charge is -2.06. The van der Waals surface area contributed by atoms with Crippen LogP contribution in [0.15, 0.2) is 36.4 Å². The fraction of sp³-hybridized carbons (Fsp3) is 0.214. The number of halogens is 1. The van der Waals surface area contributed by atoms with Crippen LogP contribution in [-0.4, -0.2) is 29.7 Å². The van der Waals surface area contributed by atoms with E-state index < -0.39 is 0 Å². The van der Waals surface area contributed by atoms with E-state index in [9.17, 15) is 4.79 Å². The van der Waals surface area contributed by atoms with Crippen molar-refractivity contribution in [3.63, 3.8) is 0 Å². The maximum absolute atomic E-state index is 11.3. The fourth-order valence-electron chi connectivity index (χ4n) is 1.70. The molecule has 104 valence electrons. The first-order valence-electron chi connectivity index (χ1n) is 6.24. The minimum absolute atomic E-state index is 0.250. The molecule has 0 saturated carbocycles. The van der Waals surface area contributed by atoms with E-state index in [0.29, 0.717) is 18.1 Å².